The van der Waals surface area contributed by atoms with Crippen molar-refractivity contribution in [2.24, 2.45) is 5.41 Å². The van der Waals surface area contributed by atoms with Gasteiger partial charge in [0.2, 0.25) is 5.91 Å². The molecule has 3 fully saturated rings. The number of amides is 2. The van der Waals surface area contributed by atoms with E-state index in [1.807, 2.05) is 39.9 Å². The lowest BCUT2D eigenvalue weighted by atomic mass is 9.93. The molecule has 3 aliphatic rings. The molecule has 2 heterocycles. The Bertz CT molecular complexity index is 918. The van der Waals surface area contributed by atoms with Crippen molar-refractivity contribution in [3.8, 4) is 5.69 Å². The van der Waals surface area contributed by atoms with Crippen molar-refractivity contribution in [2.75, 3.05) is 13.1 Å². The van der Waals surface area contributed by atoms with Crippen LogP contribution in [0.25, 0.3) is 5.69 Å². The molecule has 1 atom stereocenters. The van der Waals surface area contributed by atoms with Gasteiger partial charge in [-0.3, -0.25) is 9.59 Å². The zero-order valence-electron chi connectivity index (χ0n) is 16.9. The summed E-state index contributed by atoms with van der Waals surface area (Å²) in [7, 11) is 0. The van der Waals surface area contributed by atoms with Crippen LogP contribution in [0.5, 0.6) is 0 Å². The highest BCUT2D eigenvalue weighted by Gasteiger charge is 2.45. The van der Waals surface area contributed by atoms with E-state index in [4.69, 9.17) is 0 Å². The summed E-state index contributed by atoms with van der Waals surface area (Å²) in [5, 5.41) is 7.43. The summed E-state index contributed by atoms with van der Waals surface area (Å²) >= 11 is 0. The fourth-order valence-corrected chi connectivity index (χ4v) is 4.55. The molecule has 1 aromatic carbocycles. The van der Waals surface area contributed by atoms with Crippen molar-refractivity contribution in [2.45, 2.75) is 57.4 Å². The molecule has 5 rings (SSSR count). The third kappa shape index (κ3) is 3.56. The van der Waals surface area contributed by atoms with Gasteiger partial charge in [-0.15, -0.1) is 0 Å². The predicted molar refractivity (Wildman–Crippen MR) is 110 cm³/mol. The highest BCUT2D eigenvalue weighted by atomic mass is 16.2. The third-order valence-electron chi connectivity index (χ3n) is 6.83. The number of nitrogens with one attached hydrogen (secondary N) is 1. The monoisotopic (exact) mass is 392 g/mol. The fourth-order valence-electron chi connectivity index (χ4n) is 4.55. The first-order valence-electron chi connectivity index (χ1n) is 10.8. The summed E-state index contributed by atoms with van der Waals surface area (Å²) in [5.41, 5.74) is 3.04. The van der Waals surface area contributed by atoms with Crippen LogP contribution in [0.4, 0.5) is 0 Å². The number of para-hydroxylation sites is 1. The highest BCUT2D eigenvalue weighted by Crippen LogP contribution is 2.53. The summed E-state index contributed by atoms with van der Waals surface area (Å²) in [5.74, 6) is 0.184. The smallest absolute Gasteiger partial charge is 0.255 e. The second-order valence-electron chi connectivity index (χ2n) is 8.99. The van der Waals surface area contributed by atoms with Crippen LogP contribution in [0.1, 0.15) is 67.4 Å². The van der Waals surface area contributed by atoms with E-state index >= 15 is 0 Å². The highest BCUT2D eigenvalue weighted by molar-refractivity contribution is 5.98. The summed E-state index contributed by atoms with van der Waals surface area (Å²) in [6.07, 6.45) is 8.63. The molecule has 2 saturated carbocycles. The number of piperidine rings is 1. The van der Waals surface area contributed by atoms with Gasteiger partial charge >= 0.3 is 0 Å². The molecule has 1 spiro atoms. The molecule has 6 nitrogen and oxygen atoms in total. The van der Waals surface area contributed by atoms with Crippen molar-refractivity contribution in [1.82, 2.24) is 20.0 Å². The van der Waals surface area contributed by atoms with Gasteiger partial charge in [-0.25, -0.2) is 4.68 Å². The predicted octanol–water partition coefficient (Wildman–Crippen LogP) is 3.27. The first kappa shape index (κ1) is 18.4. The van der Waals surface area contributed by atoms with Gasteiger partial charge in [0.1, 0.15) is 6.04 Å². The Morgan fingerprint density at radius 3 is 2.41 bits per heavy atom. The van der Waals surface area contributed by atoms with Crippen LogP contribution in [0, 0.1) is 5.41 Å². The lowest BCUT2D eigenvalue weighted by Crippen LogP contribution is -2.49. The summed E-state index contributed by atoms with van der Waals surface area (Å²) in [6.45, 7) is 3.43. The number of nitrogens with zero attached hydrogens (tertiary/aromatic N) is 3. The van der Waals surface area contributed by atoms with Crippen LogP contribution in [0.2, 0.25) is 0 Å². The molecule has 1 aromatic heterocycles. The zero-order chi connectivity index (χ0) is 20.0. The molecule has 0 bridgehead atoms. The first-order chi connectivity index (χ1) is 14.1. The first-order valence-corrected chi connectivity index (χ1v) is 10.8. The lowest BCUT2D eigenvalue weighted by Gasteiger charge is -2.33. The summed E-state index contributed by atoms with van der Waals surface area (Å²) in [4.78, 5) is 27.8. The van der Waals surface area contributed by atoms with Gasteiger partial charge in [0.25, 0.3) is 5.91 Å². The Kier molecular flexibility index (Phi) is 4.45. The van der Waals surface area contributed by atoms with Gasteiger partial charge in [-0.1, -0.05) is 18.2 Å². The summed E-state index contributed by atoms with van der Waals surface area (Å²) < 4.78 is 1.87. The maximum absolute atomic E-state index is 13.0. The van der Waals surface area contributed by atoms with Crippen molar-refractivity contribution in [3.63, 3.8) is 0 Å². The van der Waals surface area contributed by atoms with E-state index < -0.39 is 6.04 Å². The number of rotatable bonds is 5. The minimum atomic E-state index is -0.525. The van der Waals surface area contributed by atoms with Crippen LogP contribution in [0.15, 0.2) is 36.5 Å². The standard InChI is InChI=1S/C23H28N4O2/c1-16(22(29)26-13-11-23(9-10-23)12-14-26)25-21(28)19-15-24-27(20(19)17-7-8-17)18-5-3-2-4-6-18/h2-6,15-17H,7-14H2,1H3,(H,25,28)/t16-/m1/s1. The Morgan fingerprint density at radius 1 is 1.10 bits per heavy atom. The van der Waals surface area contributed by atoms with Crippen LogP contribution < -0.4 is 5.32 Å². The fraction of sp³-hybridized carbons (Fsp3) is 0.522. The van der Waals surface area contributed by atoms with E-state index in [1.54, 1.807) is 13.1 Å². The second kappa shape index (κ2) is 7.01. The Labute approximate surface area is 171 Å². The van der Waals surface area contributed by atoms with Crippen LogP contribution >= 0.6 is 0 Å². The van der Waals surface area contributed by atoms with E-state index in [1.165, 1.54) is 12.8 Å². The number of hydrogen-bond acceptors (Lipinski definition) is 3. The van der Waals surface area contributed by atoms with Gasteiger partial charge in [0.05, 0.1) is 23.1 Å². The van der Waals surface area contributed by atoms with E-state index in [9.17, 15) is 9.59 Å². The van der Waals surface area contributed by atoms with Gasteiger partial charge in [0.15, 0.2) is 0 Å². The van der Waals surface area contributed by atoms with Crippen LogP contribution in [-0.2, 0) is 4.79 Å². The number of hydrogen-bond donors (Lipinski definition) is 1. The van der Waals surface area contributed by atoms with Gasteiger partial charge in [-0.05, 0) is 63.0 Å². The Morgan fingerprint density at radius 2 is 1.79 bits per heavy atom. The van der Waals surface area contributed by atoms with Crippen molar-refractivity contribution in [3.05, 3.63) is 47.8 Å². The van der Waals surface area contributed by atoms with Crippen molar-refractivity contribution in [1.29, 1.82) is 0 Å². The number of aromatic nitrogens is 2. The van der Waals surface area contributed by atoms with Crippen LogP contribution in [0.3, 0.4) is 0 Å². The molecule has 29 heavy (non-hydrogen) atoms. The number of carbonyl (C=O) groups is 2. The largest absolute Gasteiger partial charge is 0.341 e. The average molecular weight is 393 g/mol. The number of benzene rings is 1. The Balaban J connectivity index is 1.29. The topological polar surface area (TPSA) is 67.2 Å². The van der Waals surface area contributed by atoms with Gasteiger partial charge in [0, 0.05) is 19.0 Å². The lowest BCUT2D eigenvalue weighted by molar-refractivity contribution is -0.134. The maximum atomic E-state index is 13.0. The molecular formula is C23H28N4O2. The molecule has 6 heteroatoms. The van der Waals surface area contributed by atoms with E-state index in [0.29, 0.717) is 16.9 Å². The molecule has 2 aromatic rings. The van der Waals surface area contributed by atoms with E-state index in [-0.39, 0.29) is 11.8 Å². The van der Waals surface area contributed by atoms with Gasteiger partial charge in [-0.2, -0.15) is 5.10 Å². The third-order valence-corrected chi connectivity index (χ3v) is 6.83. The Hall–Kier alpha value is -2.63. The van der Waals surface area contributed by atoms with E-state index in [2.05, 4.69) is 10.4 Å². The minimum Gasteiger partial charge on any atom is -0.341 e. The molecule has 2 aliphatic carbocycles. The average Bonchev–Trinajstić information content (AvgIpc) is 3.68. The van der Waals surface area contributed by atoms with E-state index in [0.717, 1.165) is 50.2 Å². The van der Waals surface area contributed by atoms with Crippen LogP contribution in [-0.4, -0.2) is 45.6 Å². The second-order valence-corrected chi connectivity index (χ2v) is 8.99. The minimum absolute atomic E-state index is 0.0253. The van der Waals surface area contributed by atoms with Crippen molar-refractivity contribution < 1.29 is 9.59 Å². The number of likely N-dealkylation sites (tertiary alicyclic amines) is 1. The molecular weight excluding hydrogens is 364 g/mol. The molecule has 0 unspecified atom stereocenters. The normalized spacial score (nSPS) is 21.1. The molecule has 1 saturated heterocycles. The number of carbonyl (C=O) groups excluding carboxylic acids is 2. The SMILES string of the molecule is C[C@@H](NC(=O)c1cnn(-c2ccccc2)c1C1CC1)C(=O)N1CCC2(CC1)CC2. The molecule has 1 N–H and O–H groups in total. The quantitative estimate of drug-likeness (QED) is 0.849. The van der Waals surface area contributed by atoms with Crippen molar-refractivity contribution >= 4 is 11.8 Å². The molecule has 1 aliphatic heterocycles. The van der Waals surface area contributed by atoms with Gasteiger partial charge < -0.3 is 10.2 Å². The summed E-state index contributed by atoms with van der Waals surface area (Å²) in [6, 6.07) is 9.38. The molecule has 0 radical (unpaired) electrons. The molecule has 152 valence electrons. The zero-order valence-corrected chi connectivity index (χ0v) is 16.9. The molecule has 2 amide bonds. The maximum Gasteiger partial charge on any atom is 0.255 e.